The van der Waals surface area contributed by atoms with Crippen molar-refractivity contribution in [2.45, 2.75) is 24.2 Å². The minimum absolute atomic E-state index is 0.119. The molecule has 0 spiro atoms. The summed E-state index contributed by atoms with van der Waals surface area (Å²) >= 11 is 1.37. The Kier molecular flexibility index (Phi) is 6.48. The average Bonchev–Trinajstić information content (AvgIpc) is 3.11. The standard InChI is InChI=1S/C19H23N3O4S2/c1-21-12-13-27-19(21)20-18(23)9-7-15-6-8-16(26-2)17(14-15)28(24,25)22-10-4-3-5-11-22/h6-9,12-14H,3-5,10-11H2,1-2H3. The van der Waals surface area contributed by atoms with Crippen molar-refractivity contribution < 1.29 is 17.9 Å². The number of carbonyl (C=O) groups excluding carboxylic acids is 1. The van der Waals surface area contributed by atoms with Crippen molar-refractivity contribution in [3.63, 3.8) is 0 Å². The zero-order valence-electron chi connectivity index (χ0n) is 15.9. The molecular weight excluding hydrogens is 398 g/mol. The average molecular weight is 422 g/mol. The van der Waals surface area contributed by atoms with Crippen LogP contribution in [-0.4, -0.2) is 43.4 Å². The zero-order valence-corrected chi connectivity index (χ0v) is 17.5. The molecule has 0 atom stereocenters. The molecule has 1 aromatic carbocycles. The van der Waals surface area contributed by atoms with E-state index in [1.165, 1.54) is 34.9 Å². The summed E-state index contributed by atoms with van der Waals surface area (Å²) in [6.07, 6.45) is 7.47. The lowest BCUT2D eigenvalue weighted by atomic mass is 10.2. The van der Waals surface area contributed by atoms with Crippen molar-refractivity contribution >= 4 is 33.3 Å². The van der Waals surface area contributed by atoms with Crippen molar-refractivity contribution in [2.75, 3.05) is 20.2 Å². The van der Waals surface area contributed by atoms with E-state index in [1.807, 2.05) is 18.6 Å². The van der Waals surface area contributed by atoms with Crippen LogP contribution in [0.4, 0.5) is 0 Å². The summed E-state index contributed by atoms with van der Waals surface area (Å²) in [5, 5.41) is 1.84. The van der Waals surface area contributed by atoms with Gasteiger partial charge in [-0.3, -0.25) is 4.79 Å². The Morgan fingerprint density at radius 3 is 2.64 bits per heavy atom. The number of amides is 1. The summed E-state index contributed by atoms with van der Waals surface area (Å²) < 4.78 is 34.6. The smallest absolute Gasteiger partial charge is 0.272 e. The molecule has 0 unspecified atom stereocenters. The molecule has 150 valence electrons. The van der Waals surface area contributed by atoms with E-state index in [4.69, 9.17) is 4.74 Å². The van der Waals surface area contributed by atoms with Gasteiger partial charge in [-0.05, 0) is 36.6 Å². The molecule has 0 radical (unpaired) electrons. The summed E-state index contributed by atoms with van der Waals surface area (Å²) in [6.45, 7) is 1.03. The maximum absolute atomic E-state index is 13.0. The highest BCUT2D eigenvalue weighted by Crippen LogP contribution is 2.29. The normalized spacial score (nSPS) is 16.6. The van der Waals surface area contributed by atoms with Crippen LogP contribution in [0.15, 0.2) is 45.7 Å². The molecule has 9 heteroatoms. The Hall–Kier alpha value is -2.23. The van der Waals surface area contributed by atoms with Crippen LogP contribution in [0.5, 0.6) is 5.75 Å². The first-order chi connectivity index (χ1) is 13.4. The van der Waals surface area contributed by atoms with E-state index in [2.05, 4.69) is 4.99 Å². The molecule has 7 nitrogen and oxygen atoms in total. The highest BCUT2D eigenvalue weighted by molar-refractivity contribution is 7.89. The van der Waals surface area contributed by atoms with Crippen molar-refractivity contribution in [1.29, 1.82) is 0 Å². The maximum atomic E-state index is 13.0. The first-order valence-corrected chi connectivity index (χ1v) is 11.3. The molecule has 2 aromatic rings. The minimum Gasteiger partial charge on any atom is -0.495 e. The van der Waals surface area contributed by atoms with E-state index in [1.54, 1.807) is 22.8 Å². The monoisotopic (exact) mass is 421 g/mol. The van der Waals surface area contributed by atoms with Crippen LogP contribution >= 0.6 is 11.3 Å². The molecule has 2 heterocycles. The maximum Gasteiger partial charge on any atom is 0.272 e. The summed E-state index contributed by atoms with van der Waals surface area (Å²) in [5.41, 5.74) is 0.593. The van der Waals surface area contributed by atoms with Crippen LogP contribution < -0.4 is 9.54 Å². The molecule has 0 aliphatic carbocycles. The van der Waals surface area contributed by atoms with Crippen LogP contribution in [0, 0.1) is 0 Å². The number of rotatable bonds is 5. The van der Waals surface area contributed by atoms with E-state index in [0.29, 0.717) is 29.2 Å². The highest BCUT2D eigenvalue weighted by atomic mass is 32.2. The summed E-state index contributed by atoms with van der Waals surface area (Å²) in [4.78, 5) is 16.8. The van der Waals surface area contributed by atoms with Gasteiger partial charge in [-0.15, -0.1) is 11.3 Å². The SMILES string of the molecule is COc1ccc(C=CC(=O)N=c2sccn2C)cc1S(=O)(=O)N1CCCCC1. The predicted molar refractivity (Wildman–Crippen MR) is 108 cm³/mol. The summed E-state index contributed by atoms with van der Waals surface area (Å²) in [7, 11) is -0.387. The van der Waals surface area contributed by atoms with Gasteiger partial charge >= 0.3 is 0 Å². The van der Waals surface area contributed by atoms with Crippen LogP contribution in [0.1, 0.15) is 24.8 Å². The Balaban J connectivity index is 1.88. The third kappa shape index (κ3) is 4.60. The summed E-state index contributed by atoms with van der Waals surface area (Å²) in [5.74, 6) is -0.112. The largest absolute Gasteiger partial charge is 0.495 e. The molecule has 1 aliphatic rings. The fraction of sp³-hybridized carbons (Fsp3) is 0.368. The number of aryl methyl sites for hydroxylation is 1. The Morgan fingerprint density at radius 2 is 2.00 bits per heavy atom. The molecule has 1 aliphatic heterocycles. The third-order valence-electron chi connectivity index (χ3n) is 4.50. The van der Waals surface area contributed by atoms with E-state index in [-0.39, 0.29) is 4.90 Å². The topological polar surface area (TPSA) is 81.0 Å². The number of hydrogen-bond donors (Lipinski definition) is 0. The number of benzene rings is 1. The van der Waals surface area contributed by atoms with Crippen LogP contribution in [0.3, 0.4) is 0 Å². The number of nitrogens with zero attached hydrogens (tertiary/aromatic N) is 3. The van der Waals surface area contributed by atoms with Crippen LogP contribution in [-0.2, 0) is 21.9 Å². The lowest BCUT2D eigenvalue weighted by Gasteiger charge is -2.26. The molecule has 1 saturated heterocycles. The second kappa shape index (κ2) is 8.85. The number of hydrogen-bond acceptors (Lipinski definition) is 5. The number of piperidine rings is 1. The molecule has 0 N–H and O–H groups in total. The van der Waals surface area contributed by atoms with Crippen molar-refractivity contribution in [3.8, 4) is 5.75 Å². The van der Waals surface area contributed by atoms with Crippen LogP contribution in [0.2, 0.25) is 0 Å². The van der Waals surface area contributed by atoms with E-state index in [9.17, 15) is 13.2 Å². The minimum atomic E-state index is -3.65. The highest BCUT2D eigenvalue weighted by Gasteiger charge is 2.28. The Bertz CT molecular complexity index is 1050. The van der Waals surface area contributed by atoms with Gasteiger partial charge in [-0.25, -0.2) is 8.42 Å². The number of methoxy groups -OCH3 is 1. The van der Waals surface area contributed by atoms with Crippen molar-refractivity contribution in [3.05, 3.63) is 46.2 Å². The van der Waals surface area contributed by atoms with Crippen LogP contribution in [0.25, 0.3) is 6.08 Å². The fourth-order valence-electron chi connectivity index (χ4n) is 2.98. The first-order valence-electron chi connectivity index (χ1n) is 8.97. The first kappa shape index (κ1) is 20.5. The number of ether oxygens (including phenoxy) is 1. The second-order valence-electron chi connectivity index (χ2n) is 6.45. The lowest BCUT2D eigenvalue weighted by molar-refractivity contribution is -0.113. The molecule has 0 saturated carbocycles. The molecule has 1 aromatic heterocycles. The van der Waals surface area contributed by atoms with Gasteiger partial charge in [0.1, 0.15) is 10.6 Å². The van der Waals surface area contributed by atoms with E-state index >= 15 is 0 Å². The zero-order chi connectivity index (χ0) is 20.1. The number of aromatic nitrogens is 1. The number of sulfonamides is 1. The quantitative estimate of drug-likeness (QED) is 0.695. The second-order valence-corrected chi connectivity index (χ2v) is 9.23. The lowest BCUT2D eigenvalue weighted by Crippen LogP contribution is -2.35. The molecule has 3 rings (SSSR count). The fourth-order valence-corrected chi connectivity index (χ4v) is 5.42. The molecule has 28 heavy (non-hydrogen) atoms. The van der Waals surface area contributed by atoms with Gasteiger partial charge in [0.2, 0.25) is 10.0 Å². The third-order valence-corrected chi connectivity index (χ3v) is 7.27. The van der Waals surface area contributed by atoms with Gasteiger partial charge in [-0.1, -0.05) is 12.5 Å². The Morgan fingerprint density at radius 1 is 1.25 bits per heavy atom. The molecular formula is C19H23N3O4S2. The molecule has 1 fully saturated rings. The Labute approximate surface area is 168 Å². The van der Waals surface area contributed by atoms with E-state index in [0.717, 1.165) is 19.3 Å². The van der Waals surface area contributed by atoms with Gasteiger partial charge < -0.3 is 9.30 Å². The number of carbonyl (C=O) groups is 1. The summed E-state index contributed by atoms with van der Waals surface area (Å²) in [6, 6.07) is 4.86. The van der Waals surface area contributed by atoms with E-state index < -0.39 is 15.9 Å². The number of thiazole rings is 1. The molecule has 1 amide bonds. The van der Waals surface area contributed by atoms with Gasteiger partial charge in [0, 0.05) is 37.8 Å². The predicted octanol–water partition coefficient (Wildman–Crippen LogP) is 2.41. The van der Waals surface area contributed by atoms with Gasteiger partial charge in [0.25, 0.3) is 5.91 Å². The molecule has 0 bridgehead atoms. The van der Waals surface area contributed by atoms with Gasteiger partial charge in [-0.2, -0.15) is 9.30 Å². The van der Waals surface area contributed by atoms with Crippen molar-refractivity contribution in [2.24, 2.45) is 12.0 Å². The van der Waals surface area contributed by atoms with Gasteiger partial charge in [0.15, 0.2) is 4.80 Å². The van der Waals surface area contributed by atoms with Crippen molar-refractivity contribution in [1.82, 2.24) is 8.87 Å². The van der Waals surface area contributed by atoms with Gasteiger partial charge in [0.05, 0.1) is 7.11 Å².